The number of ether oxygens (including phenoxy) is 4. The molecule has 248 valence electrons. The normalized spacial score (nSPS) is 39.0. The zero-order valence-corrected chi connectivity index (χ0v) is 25.7. The molecule has 0 aromatic rings. The Hall–Kier alpha value is -0.440. The molecule has 3 fully saturated rings. The summed E-state index contributed by atoms with van der Waals surface area (Å²) in [4.78, 5) is 0. The first-order valence-corrected chi connectivity index (χ1v) is 15.9. The van der Waals surface area contributed by atoms with E-state index in [9.17, 15) is 35.7 Å². The zero-order chi connectivity index (χ0) is 30.8. The highest BCUT2D eigenvalue weighted by Gasteiger charge is 2.41. The quantitative estimate of drug-likeness (QED) is 0.130. The lowest BCUT2D eigenvalue weighted by Crippen LogP contribution is -2.48. The molecule has 0 saturated heterocycles. The third kappa shape index (κ3) is 9.29. The Labute approximate surface area is 251 Å². The summed E-state index contributed by atoms with van der Waals surface area (Å²) in [6.07, 6.45) is 2.51. The highest BCUT2D eigenvalue weighted by atomic mass is 16.6. The predicted molar refractivity (Wildman–Crippen MR) is 155 cm³/mol. The van der Waals surface area contributed by atoms with Crippen LogP contribution in [-0.4, -0.2) is 132 Å². The van der Waals surface area contributed by atoms with Crippen molar-refractivity contribution in [1.29, 1.82) is 0 Å². The lowest BCUT2D eigenvalue weighted by Gasteiger charge is -2.42. The predicted octanol–water partition coefficient (Wildman–Crippen LogP) is 0.476. The SMILES string of the molecule is COC1CC(CC(CO)C(CO)CC2CC(OC)C(O)C(OC)C2)CCC1OC(CO)C(O)C1CCC(O)C(CO)C1. The second kappa shape index (κ2) is 17.9. The van der Waals surface area contributed by atoms with Gasteiger partial charge in [-0.2, -0.15) is 0 Å². The Morgan fingerprint density at radius 1 is 0.643 bits per heavy atom. The fourth-order valence-corrected chi connectivity index (χ4v) is 7.98. The third-order valence-corrected chi connectivity index (χ3v) is 10.7. The van der Waals surface area contributed by atoms with Gasteiger partial charge in [-0.1, -0.05) is 0 Å². The van der Waals surface area contributed by atoms with Crippen LogP contribution in [0.25, 0.3) is 0 Å². The van der Waals surface area contributed by atoms with Gasteiger partial charge < -0.3 is 54.7 Å². The number of aliphatic hydroxyl groups excluding tert-OH is 7. The van der Waals surface area contributed by atoms with Gasteiger partial charge >= 0.3 is 0 Å². The van der Waals surface area contributed by atoms with Gasteiger partial charge in [0.25, 0.3) is 0 Å². The van der Waals surface area contributed by atoms with Crippen molar-refractivity contribution >= 4 is 0 Å². The largest absolute Gasteiger partial charge is 0.396 e. The maximum absolute atomic E-state index is 11.1. The maximum atomic E-state index is 11.1. The summed E-state index contributed by atoms with van der Waals surface area (Å²) in [6, 6.07) is 0. The van der Waals surface area contributed by atoms with Gasteiger partial charge in [-0.25, -0.2) is 0 Å². The van der Waals surface area contributed by atoms with Gasteiger partial charge in [-0.15, -0.1) is 0 Å². The minimum absolute atomic E-state index is 0.0280. The molecule has 12 atom stereocenters. The van der Waals surface area contributed by atoms with Crippen LogP contribution < -0.4 is 0 Å². The van der Waals surface area contributed by atoms with Crippen molar-refractivity contribution in [2.45, 2.75) is 113 Å². The van der Waals surface area contributed by atoms with Gasteiger partial charge in [-0.05, 0) is 93.8 Å². The van der Waals surface area contributed by atoms with Gasteiger partial charge in [0.1, 0.15) is 12.2 Å². The Kier molecular flexibility index (Phi) is 15.4. The highest BCUT2D eigenvalue weighted by Crippen LogP contribution is 2.40. The van der Waals surface area contributed by atoms with Crippen molar-refractivity contribution in [2.24, 2.45) is 35.5 Å². The summed E-state index contributed by atoms with van der Waals surface area (Å²) in [5.74, 6) is -0.174. The summed E-state index contributed by atoms with van der Waals surface area (Å²) >= 11 is 0. The molecule has 3 rings (SSSR count). The molecule has 11 nitrogen and oxygen atoms in total. The molecule has 0 aromatic carbocycles. The Morgan fingerprint density at radius 3 is 1.74 bits per heavy atom. The summed E-state index contributed by atoms with van der Waals surface area (Å²) in [5.41, 5.74) is 0. The molecule has 0 heterocycles. The van der Waals surface area contributed by atoms with Gasteiger partial charge in [0.15, 0.2) is 0 Å². The lowest BCUT2D eigenvalue weighted by atomic mass is 9.72. The van der Waals surface area contributed by atoms with Crippen molar-refractivity contribution in [2.75, 3.05) is 47.8 Å². The first-order valence-electron chi connectivity index (χ1n) is 15.9. The molecule has 0 aliphatic heterocycles. The van der Waals surface area contributed by atoms with Crippen LogP contribution in [-0.2, 0) is 18.9 Å². The Morgan fingerprint density at radius 2 is 1.21 bits per heavy atom. The highest BCUT2D eigenvalue weighted by molar-refractivity contribution is 4.91. The van der Waals surface area contributed by atoms with Crippen LogP contribution in [0.2, 0.25) is 0 Å². The van der Waals surface area contributed by atoms with Crippen molar-refractivity contribution in [3.63, 3.8) is 0 Å². The minimum Gasteiger partial charge on any atom is -0.396 e. The molecule has 3 aliphatic rings. The van der Waals surface area contributed by atoms with E-state index in [-0.39, 0.29) is 86.4 Å². The van der Waals surface area contributed by atoms with Crippen LogP contribution in [0.4, 0.5) is 0 Å². The molecule has 12 unspecified atom stereocenters. The van der Waals surface area contributed by atoms with E-state index >= 15 is 0 Å². The number of aliphatic hydroxyl groups is 7. The van der Waals surface area contributed by atoms with Crippen molar-refractivity contribution in [1.82, 2.24) is 0 Å². The molecule has 0 amide bonds. The van der Waals surface area contributed by atoms with E-state index in [0.29, 0.717) is 51.4 Å². The van der Waals surface area contributed by atoms with Crippen LogP contribution in [0, 0.1) is 35.5 Å². The monoisotopic (exact) mass is 606 g/mol. The molecule has 7 N–H and O–H groups in total. The van der Waals surface area contributed by atoms with E-state index in [4.69, 9.17) is 18.9 Å². The van der Waals surface area contributed by atoms with Crippen LogP contribution in [0.3, 0.4) is 0 Å². The second-order valence-corrected chi connectivity index (χ2v) is 13.2. The van der Waals surface area contributed by atoms with Crippen LogP contribution in [0.15, 0.2) is 0 Å². The average Bonchev–Trinajstić information content (AvgIpc) is 3.02. The van der Waals surface area contributed by atoms with E-state index in [2.05, 4.69) is 0 Å². The first-order chi connectivity index (χ1) is 20.2. The van der Waals surface area contributed by atoms with E-state index in [1.807, 2.05) is 0 Å². The summed E-state index contributed by atoms with van der Waals surface area (Å²) < 4.78 is 23.1. The number of rotatable bonds is 16. The topological polar surface area (TPSA) is 179 Å². The molecule has 0 spiro atoms. The average molecular weight is 607 g/mol. The number of hydrogen-bond acceptors (Lipinski definition) is 11. The van der Waals surface area contributed by atoms with Crippen LogP contribution in [0.1, 0.15) is 64.2 Å². The molecular formula is C31H58O11. The van der Waals surface area contributed by atoms with Gasteiger partial charge in [-0.3, -0.25) is 0 Å². The van der Waals surface area contributed by atoms with Gasteiger partial charge in [0.2, 0.25) is 0 Å². The molecule has 0 radical (unpaired) electrons. The molecule has 3 saturated carbocycles. The minimum atomic E-state index is -0.910. The number of methoxy groups -OCH3 is 3. The van der Waals surface area contributed by atoms with Crippen molar-refractivity contribution in [3.05, 3.63) is 0 Å². The fourth-order valence-electron chi connectivity index (χ4n) is 7.98. The van der Waals surface area contributed by atoms with Gasteiger partial charge in [0, 0.05) is 47.1 Å². The number of hydrogen-bond donors (Lipinski definition) is 7. The van der Waals surface area contributed by atoms with E-state index in [1.54, 1.807) is 21.3 Å². The zero-order valence-electron chi connectivity index (χ0n) is 25.7. The first kappa shape index (κ1) is 36.0. The van der Waals surface area contributed by atoms with E-state index in [0.717, 1.165) is 12.8 Å². The fraction of sp³-hybridized carbons (Fsp3) is 1.00. The molecule has 42 heavy (non-hydrogen) atoms. The standard InChI is InChI=1S/C31H58O11/c1-39-26-10-18(4-7-25(26)42-29(17-35)30(37)20-5-6-24(36)23(13-20)16-34)8-21(14-32)22(15-33)9-19-11-27(40-2)31(38)28(12-19)41-3/h18-38H,4-17H2,1-3H3. The van der Waals surface area contributed by atoms with Gasteiger partial charge in [0.05, 0.1) is 43.2 Å². The van der Waals surface area contributed by atoms with Crippen LogP contribution >= 0.6 is 0 Å². The molecule has 11 heteroatoms. The van der Waals surface area contributed by atoms with Crippen molar-refractivity contribution < 1.29 is 54.7 Å². The van der Waals surface area contributed by atoms with Crippen molar-refractivity contribution in [3.8, 4) is 0 Å². The molecule has 3 aliphatic carbocycles. The maximum Gasteiger partial charge on any atom is 0.107 e. The molecule has 0 bridgehead atoms. The summed E-state index contributed by atoms with van der Waals surface area (Å²) in [7, 11) is 4.82. The lowest BCUT2D eigenvalue weighted by molar-refractivity contribution is -0.168. The third-order valence-electron chi connectivity index (χ3n) is 10.7. The molecular weight excluding hydrogens is 548 g/mol. The summed E-state index contributed by atoms with van der Waals surface area (Å²) in [6.45, 7) is -0.532. The second-order valence-electron chi connectivity index (χ2n) is 13.2. The van der Waals surface area contributed by atoms with E-state index in [1.165, 1.54) is 0 Å². The smallest absolute Gasteiger partial charge is 0.107 e. The summed E-state index contributed by atoms with van der Waals surface area (Å²) in [5, 5.41) is 72.0. The molecule has 0 aromatic heterocycles. The van der Waals surface area contributed by atoms with E-state index < -0.39 is 24.4 Å². The van der Waals surface area contributed by atoms with Crippen LogP contribution in [0.5, 0.6) is 0 Å². The Bertz CT molecular complexity index is 730. The Balaban J connectivity index is 1.55.